The molecule has 0 aromatic carbocycles. The number of hydrogen-bond acceptors (Lipinski definition) is 5. The van der Waals surface area contributed by atoms with Gasteiger partial charge in [0.25, 0.3) is 0 Å². The van der Waals surface area contributed by atoms with Crippen LogP contribution in [-0.4, -0.2) is 47.4 Å². The molecule has 0 aromatic heterocycles. The standard InChI is InChI=1S/C10H18O5S/c1-3-7(4-2)5-8(11)10(13)9(12)6-16(14)15/h5-6,8-13H,3-4H2,1-2H3. The first-order valence-electron chi connectivity index (χ1n) is 5.09. The van der Waals surface area contributed by atoms with Crippen LogP contribution in [-0.2, 0) is 10.3 Å². The summed E-state index contributed by atoms with van der Waals surface area (Å²) in [5.74, 6) is 0. The Morgan fingerprint density at radius 3 is 2.00 bits per heavy atom. The maximum Gasteiger partial charge on any atom is 0.212 e. The molecule has 0 aliphatic carbocycles. The molecule has 6 heteroatoms. The van der Waals surface area contributed by atoms with Crippen molar-refractivity contribution in [3.05, 3.63) is 11.6 Å². The van der Waals surface area contributed by atoms with Crippen LogP contribution in [0, 0.1) is 0 Å². The van der Waals surface area contributed by atoms with Crippen molar-refractivity contribution in [2.75, 3.05) is 0 Å². The van der Waals surface area contributed by atoms with E-state index in [4.69, 9.17) is 0 Å². The van der Waals surface area contributed by atoms with Crippen molar-refractivity contribution in [1.29, 1.82) is 0 Å². The largest absolute Gasteiger partial charge is 0.387 e. The quantitative estimate of drug-likeness (QED) is 0.436. The van der Waals surface area contributed by atoms with Gasteiger partial charge in [-0.25, -0.2) is 0 Å². The van der Waals surface area contributed by atoms with Gasteiger partial charge in [-0.2, -0.15) is 8.42 Å². The third-order valence-electron chi connectivity index (χ3n) is 2.27. The van der Waals surface area contributed by atoms with E-state index in [-0.39, 0.29) is 0 Å². The van der Waals surface area contributed by atoms with E-state index in [1.807, 2.05) is 13.8 Å². The Kier molecular flexibility index (Phi) is 7.24. The van der Waals surface area contributed by atoms with Gasteiger partial charge in [-0.3, -0.25) is 0 Å². The second-order valence-corrected chi connectivity index (χ2v) is 4.19. The van der Waals surface area contributed by atoms with Gasteiger partial charge in [0.05, 0.1) is 5.37 Å². The molecule has 0 aromatic rings. The van der Waals surface area contributed by atoms with Gasteiger partial charge in [0.1, 0.15) is 18.3 Å². The number of hydrogen-bond donors (Lipinski definition) is 3. The van der Waals surface area contributed by atoms with Crippen LogP contribution in [0.4, 0.5) is 0 Å². The monoisotopic (exact) mass is 250 g/mol. The van der Waals surface area contributed by atoms with Crippen molar-refractivity contribution in [1.82, 2.24) is 0 Å². The second kappa shape index (κ2) is 7.56. The van der Waals surface area contributed by atoms with Gasteiger partial charge in [-0.1, -0.05) is 25.5 Å². The van der Waals surface area contributed by atoms with E-state index in [9.17, 15) is 23.7 Å². The van der Waals surface area contributed by atoms with E-state index in [1.165, 1.54) is 6.08 Å². The summed E-state index contributed by atoms with van der Waals surface area (Å²) in [4.78, 5) is 0. The van der Waals surface area contributed by atoms with Crippen molar-refractivity contribution >= 4 is 15.7 Å². The molecule has 0 rings (SSSR count). The van der Waals surface area contributed by atoms with Crippen LogP contribution in [0.2, 0.25) is 0 Å². The fourth-order valence-electron chi connectivity index (χ4n) is 1.22. The molecule has 0 spiro atoms. The molecule has 94 valence electrons. The summed E-state index contributed by atoms with van der Waals surface area (Å²) in [5, 5.41) is 28.7. The number of aliphatic hydroxyl groups is 3. The lowest BCUT2D eigenvalue weighted by atomic mass is 10.0. The molecular weight excluding hydrogens is 232 g/mol. The second-order valence-electron chi connectivity index (χ2n) is 3.40. The molecule has 0 amide bonds. The first-order valence-corrected chi connectivity index (χ1v) is 6.23. The highest BCUT2D eigenvalue weighted by Gasteiger charge is 2.22. The zero-order chi connectivity index (χ0) is 12.7. The van der Waals surface area contributed by atoms with E-state index >= 15 is 0 Å². The van der Waals surface area contributed by atoms with E-state index in [0.29, 0.717) is 5.37 Å². The lowest BCUT2D eigenvalue weighted by molar-refractivity contribution is -0.0113. The number of aliphatic hydroxyl groups excluding tert-OH is 3. The Bertz CT molecular complexity index is 343. The molecule has 0 heterocycles. The van der Waals surface area contributed by atoms with Crippen molar-refractivity contribution in [3.63, 3.8) is 0 Å². The topological polar surface area (TPSA) is 94.8 Å². The molecule has 3 atom stereocenters. The molecule has 0 fully saturated rings. The highest BCUT2D eigenvalue weighted by molar-refractivity contribution is 7.71. The molecule has 16 heavy (non-hydrogen) atoms. The lowest BCUT2D eigenvalue weighted by Gasteiger charge is -2.18. The van der Waals surface area contributed by atoms with Crippen LogP contribution in [0.3, 0.4) is 0 Å². The predicted molar refractivity (Wildman–Crippen MR) is 61.7 cm³/mol. The number of rotatable bonds is 6. The lowest BCUT2D eigenvalue weighted by Crippen LogP contribution is -2.37. The Labute approximate surface area is 96.6 Å². The van der Waals surface area contributed by atoms with Crippen molar-refractivity contribution in [2.24, 2.45) is 0 Å². The Morgan fingerprint density at radius 2 is 1.62 bits per heavy atom. The van der Waals surface area contributed by atoms with E-state index in [0.717, 1.165) is 18.4 Å². The van der Waals surface area contributed by atoms with E-state index in [1.54, 1.807) is 0 Å². The van der Waals surface area contributed by atoms with Gasteiger partial charge in [-0.05, 0) is 12.8 Å². The smallest absolute Gasteiger partial charge is 0.212 e. The van der Waals surface area contributed by atoms with Crippen molar-refractivity contribution in [2.45, 2.75) is 45.0 Å². The van der Waals surface area contributed by atoms with Crippen molar-refractivity contribution < 1.29 is 23.7 Å². The van der Waals surface area contributed by atoms with Crippen LogP contribution < -0.4 is 0 Å². The summed E-state index contributed by atoms with van der Waals surface area (Å²) < 4.78 is 20.5. The minimum atomic E-state index is -2.57. The van der Waals surface area contributed by atoms with Crippen LogP contribution in [0.15, 0.2) is 11.6 Å². The Morgan fingerprint density at radius 1 is 1.12 bits per heavy atom. The highest BCUT2D eigenvalue weighted by Crippen LogP contribution is 2.10. The van der Waals surface area contributed by atoms with Crippen LogP contribution in [0.25, 0.3) is 0 Å². The fraction of sp³-hybridized carbons (Fsp3) is 0.700. The average molecular weight is 250 g/mol. The molecule has 0 aliphatic rings. The maximum absolute atomic E-state index is 10.2. The Balaban J connectivity index is 4.67. The average Bonchev–Trinajstić information content (AvgIpc) is 2.23. The summed E-state index contributed by atoms with van der Waals surface area (Å²) in [6, 6.07) is 0. The fourth-order valence-corrected chi connectivity index (χ4v) is 1.61. The molecule has 0 bridgehead atoms. The first-order chi connectivity index (χ1) is 7.42. The zero-order valence-electron chi connectivity index (χ0n) is 9.37. The van der Waals surface area contributed by atoms with Gasteiger partial charge in [0, 0.05) is 0 Å². The summed E-state index contributed by atoms with van der Waals surface area (Å²) in [6.45, 7) is 3.81. The van der Waals surface area contributed by atoms with Gasteiger partial charge in [-0.15, -0.1) is 0 Å². The summed E-state index contributed by atoms with van der Waals surface area (Å²) in [6.07, 6.45) is -1.51. The SMILES string of the molecule is CCC(=CC(O)C(O)C(O)C=S(=O)=O)CC. The van der Waals surface area contributed by atoms with Gasteiger partial charge >= 0.3 is 0 Å². The number of allylic oxidation sites excluding steroid dienone is 1. The molecule has 3 unspecified atom stereocenters. The molecule has 5 nitrogen and oxygen atoms in total. The molecule has 0 saturated heterocycles. The molecule has 3 N–H and O–H groups in total. The van der Waals surface area contributed by atoms with Gasteiger partial charge in [0.2, 0.25) is 10.3 Å². The maximum atomic E-state index is 10.2. The zero-order valence-corrected chi connectivity index (χ0v) is 10.2. The van der Waals surface area contributed by atoms with Gasteiger partial charge < -0.3 is 15.3 Å². The summed E-state index contributed by atoms with van der Waals surface area (Å²) in [5.41, 5.74) is 0.932. The van der Waals surface area contributed by atoms with E-state index < -0.39 is 28.6 Å². The van der Waals surface area contributed by atoms with E-state index in [2.05, 4.69) is 0 Å². The molecule has 0 radical (unpaired) electrons. The Hall–Kier alpha value is -0.690. The third kappa shape index (κ3) is 5.41. The van der Waals surface area contributed by atoms with Crippen LogP contribution >= 0.6 is 0 Å². The predicted octanol–water partition coefficient (Wildman–Crippen LogP) is -0.503. The van der Waals surface area contributed by atoms with Crippen LogP contribution in [0.1, 0.15) is 26.7 Å². The van der Waals surface area contributed by atoms with Crippen LogP contribution in [0.5, 0.6) is 0 Å². The minimum Gasteiger partial charge on any atom is -0.387 e. The summed E-state index contributed by atoms with van der Waals surface area (Å²) >= 11 is 0. The van der Waals surface area contributed by atoms with Crippen molar-refractivity contribution in [3.8, 4) is 0 Å². The third-order valence-corrected chi connectivity index (χ3v) is 2.77. The molecular formula is C10H18O5S. The minimum absolute atomic E-state index is 0.541. The normalized spacial score (nSPS) is 16.1. The first kappa shape index (κ1) is 15.3. The molecule has 0 aliphatic heterocycles. The highest BCUT2D eigenvalue weighted by atomic mass is 32.2. The molecule has 0 saturated carbocycles. The summed E-state index contributed by atoms with van der Waals surface area (Å²) in [7, 11) is -2.57. The van der Waals surface area contributed by atoms with Gasteiger partial charge in [0.15, 0.2) is 0 Å².